The van der Waals surface area contributed by atoms with Crippen molar-refractivity contribution in [1.82, 2.24) is 0 Å². The summed E-state index contributed by atoms with van der Waals surface area (Å²) in [6, 6.07) is 0. The van der Waals surface area contributed by atoms with Gasteiger partial charge in [-0.2, -0.15) is 0 Å². The molecule has 11 heavy (non-hydrogen) atoms. The molecule has 0 saturated carbocycles. The van der Waals surface area contributed by atoms with Gasteiger partial charge < -0.3 is 11.5 Å². The predicted molar refractivity (Wildman–Crippen MR) is 50.1 cm³/mol. The van der Waals surface area contributed by atoms with Crippen molar-refractivity contribution < 1.29 is 0 Å². The largest absolute Gasteiger partial charge is 0.326 e. The Hall–Kier alpha value is -0.860. The zero-order chi connectivity index (χ0) is 8.69. The average molecular weight is 152 g/mol. The van der Waals surface area contributed by atoms with Gasteiger partial charge in [0.25, 0.3) is 0 Å². The van der Waals surface area contributed by atoms with Crippen molar-refractivity contribution in [3.63, 3.8) is 0 Å². The van der Waals surface area contributed by atoms with Gasteiger partial charge in [0.2, 0.25) is 0 Å². The minimum absolute atomic E-state index is 0.517. The second-order valence-corrected chi connectivity index (χ2v) is 2.15. The smallest absolute Gasteiger partial charge is 0.0181 e. The molecule has 62 valence electrons. The van der Waals surface area contributed by atoms with E-state index in [1.54, 1.807) is 6.08 Å². The molecule has 0 aromatic carbocycles. The van der Waals surface area contributed by atoms with Gasteiger partial charge in [-0.1, -0.05) is 24.8 Å². The fourth-order valence-corrected chi connectivity index (χ4v) is 0.883. The normalized spacial score (nSPS) is 13.4. The molecule has 0 aliphatic rings. The van der Waals surface area contributed by atoms with Gasteiger partial charge in [0, 0.05) is 13.1 Å². The van der Waals surface area contributed by atoms with E-state index in [-0.39, 0.29) is 0 Å². The van der Waals surface area contributed by atoms with Crippen LogP contribution in [0.5, 0.6) is 0 Å². The Morgan fingerprint density at radius 2 is 1.82 bits per heavy atom. The Balaban J connectivity index is 4.47. The van der Waals surface area contributed by atoms with Gasteiger partial charge in [0.05, 0.1) is 0 Å². The maximum Gasteiger partial charge on any atom is 0.0181 e. The van der Waals surface area contributed by atoms with Crippen LogP contribution in [0.25, 0.3) is 0 Å². The Morgan fingerprint density at radius 3 is 2.09 bits per heavy atom. The molecule has 0 heterocycles. The Morgan fingerprint density at radius 1 is 1.27 bits per heavy atom. The fraction of sp³-hybridized carbons (Fsp3) is 0.333. The molecule has 0 unspecified atom stereocenters. The molecule has 0 spiro atoms. The van der Waals surface area contributed by atoms with E-state index in [2.05, 4.69) is 6.58 Å². The average Bonchev–Trinajstić information content (AvgIpc) is 2.05. The van der Waals surface area contributed by atoms with Gasteiger partial charge in [0.1, 0.15) is 0 Å². The Bertz CT molecular complexity index is 178. The Kier molecular flexibility index (Phi) is 5.43. The third kappa shape index (κ3) is 3.16. The molecule has 0 aliphatic carbocycles. The molecule has 2 nitrogen and oxygen atoms in total. The van der Waals surface area contributed by atoms with E-state index >= 15 is 0 Å². The quantitative estimate of drug-likeness (QED) is 0.589. The van der Waals surface area contributed by atoms with Gasteiger partial charge in [0.15, 0.2) is 0 Å². The van der Waals surface area contributed by atoms with Crippen LogP contribution >= 0.6 is 0 Å². The zero-order valence-electron chi connectivity index (χ0n) is 7.01. The number of hydrogen-bond donors (Lipinski definition) is 2. The van der Waals surface area contributed by atoms with E-state index < -0.39 is 0 Å². The molecular weight excluding hydrogens is 136 g/mol. The first kappa shape index (κ1) is 10.1. The number of allylic oxidation sites excluding steroid dienone is 3. The lowest BCUT2D eigenvalue weighted by Gasteiger charge is -2.05. The maximum absolute atomic E-state index is 5.50. The summed E-state index contributed by atoms with van der Waals surface area (Å²) in [7, 11) is 0. The van der Waals surface area contributed by atoms with Crippen LogP contribution in [0.2, 0.25) is 0 Å². The first-order valence-electron chi connectivity index (χ1n) is 3.67. The molecule has 0 amide bonds. The molecule has 0 saturated heterocycles. The van der Waals surface area contributed by atoms with Crippen molar-refractivity contribution in [2.45, 2.75) is 6.92 Å². The van der Waals surface area contributed by atoms with Crippen LogP contribution in [0.1, 0.15) is 6.92 Å². The monoisotopic (exact) mass is 152 g/mol. The SMILES string of the molecule is C=C/C=C(CN)\C(=C/C)CN. The van der Waals surface area contributed by atoms with Crippen molar-refractivity contribution >= 4 is 0 Å². The van der Waals surface area contributed by atoms with Crippen LogP contribution in [0.15, 0.2) is 36.0 Å². The van der Waals surface area contributed by atoms with Crippen LogP contribution in [0, 0.1) is 0 Å². The van der Waals surface area contributed by atoms with Gasteiger partial charge in [-0.15, -0.1) is 0 Å². The predicted octanol–water partition coefficient (Wildman–Crippen LogP) is 0.963. The minimum Gasteiger partial charge on any atom is -0.326 e. The van der Waals surface area contributed by atoms with E-state index in [4.69, 9.17) is 11.5 Å². The van der Waals surface area contributed by atoms with Crippen LogP contribution < -0.4 is 11.5 Å². The zero-order valence-corrected chi connectivity index (χ0v) is 7.01. The van der Waals surface area contributed by atoms with Crippen LogP contribution in [-0.2, 0) is 0 Å². The summed E-state index contributed by atoms with van der Waals surface area (Å²) in [4.78, 5) is 0. The summed E-state index contributed by atoms with van der Waals surface area (Å²) < 4.78 is 0. The summed E-state index contributed by atoms with van der Waals surface area (Å²) in [5, 5.41) is 0. The number of nitrogens with two attached hydrogens (primary N) is 2. The van der Waals surface area contributed by atoms with E-state index in [0.29, 0.717) is 13.1 Å². The first-order chi connectivity index (χ1) is 5.29. The molecular formula is C9H16N2. The minimum atomic E-state index is 0.517. The molecule has 2 heteroatoms. The molecule has 0 bridgehead atoms. The third-order valence-electron chi connectivity index (χ3n) is 1.52. The molecule has 0 radical (unpaired) electrons. The molecule has 0 fully saturated rings. The highest BCUT2D eigenvalue weighted by Crippen LogP contribution is 2.06. The third-order valence-corrected chi connectivity index (χ3v) is 1.52. The van der Waals surface area contributed by atoms with E-state index in [0.717, 1.165) is 11.1 Å². The lowest BCUT2D eigenvalue weighted by Crippen LogP contribution is -2.12. The van der Waals surface area contributed by atoms with Crippen LogP contribution in [0.3, 0.4) is 0 Å². The summed E-state index contributed by atoms with van der Waals surface area (Å²) in [6.07, 6.45) is 5.59. The highest BCUT2D eigenvalue weighted by Gasteiger charge is 1.97. The number of hydrogen-bond acceptors (Lipinski definition) is 2. The van der Waals surface area contributed by atoms with Gasteiger partial charge in [-0.05, 0) is 18.1 Å². The van der Waals surface area contributed by atoms with E-state index in [1.807, 2.05) is 19.1 Å². The summed E-state index contributed by atoms with van der Waals surface area (Å²) in [6.45, 7) is 6.60. The van der Waals surface area contributed by atoms with Gasteiger partial charge >= 0.3 is 0 Å². The molecule has 0 aromatic heterocycles. The molecule has 0 rings (SSSR count). The summed E-state index contributed by atoms with van der Waals surface area (Å²) >= 11 is 0. The van der Waals surface area contributed by atoms with Crippen molar-refractivity contribution in [3.8, 4) is 0 Å². The Labute approximate surface area is 68.3 Å². The molecule has 0 atom stereocenters. The molecule has 0 aliphatic heterocycles. The first-order valence-corrected chi connectivity index (χ1v) is 3.67. The summed E-state index contributed by atoms with van der Waals surface area (Å²) in [5.74, 6) is 0. The topological polar surface area (TPSA) is 52.0 Å². The lowest BCUT2D eigenvalue weighted by atomic mass is 10.1. The van der Waals surface area contributed by atoms with Gasteiger partial charge in [-0.3, -0.25) is 0 Å². The van der Waals surface area contributed by atoms with E-state index in [9.17, 15) is 0 Å². The van der Waals surface area contributed by atoms with Gasteiger partial charge in [-0.25, -0.2) is 0 Å². The van der Waals surface area contributed by atoms with Crippen molar-refractivity contribution in [2.24, 2.45) is 11.5 Å². The number of rotatable bonds is 4. The highest BCUT2D eigenvalue weighted by molar-refractivity contribution is 5.34. The standard InChI is InChI=1S/C9H16N2/c1-3-5-9(7-11)8(4-2)6-10/h3-5H,1,6-7,10-11H2,2H3/b8-4-,9-5-. The van der Waals surface area contributed by atoms with Crippen LogP contribution in [-0.4, -0.2) is 13.1 Å². The summed E-state index contributed by atoms with van der Waals surface area (Å²) in [5.41, 5.74) is 13.1. The van der Waals surface area contributed by atoms with Crippen LogP contribution in [0.4, 0.5) is 0 Å². The second-order valence-electron chi connectivity index (χ2n) is 2.15. The molecule has 4 N–H and O–H groups in total. The molecule has 0 aromatic rings. The fourth-order valence-electron chi connectivity index (χ4n) is 0.883. The van der Waals surface area contributed by atoms with Crippen molar-refractivity contribution in [1.29, 1.82) is 0 Å². The maximum atomic E-state index is 5.50. The van der Waals surface area contributed by atoms with Crippen molar-refractivity contribution in [3.05, 3.63) is 36.0 Å². The van der Waals surface area contributed by atoms with E-state index in [1.165, 1.54) is 0 Å². The lowest BCUT2D eigenvalue weighted by molar-refractivity contribution is 1.07. The second kappa shape index (κ2) is 5.89. The highest BCUT2D eigenvalue weighted by atomic mass is 14.6. The van der Waals surface area contributed by atoms with Crippen molar-refractivity contribution in [2.75, 3.05) is 13.1 Å².